The predicted octanol–water partition coefficient (Wildman–Crippen LogP) is 8.04. The number of fused-ring (bicyclic) bond motifs is 2. The molecular weight excluding hydrogens is 811 g/mol. The van der Waals surface area contributed by atoms with Crippen LogP contribution in [0.1, 0.15) is 59.1 Å². The van der Waals surface area contributed by atoms with Crippen LogP contribution in [0.3, 0.4) is 0 Å². The Morgan fingerprint density at radius 1 is 0.656 bits per heavy atom. The number of nitrogen functional groups attached to an aromatic ring is 2. The van der Waals surface area contributed by atoms with Crippen molar-refractivity contribution in [1.82, 2.24) is 19.9 Å². The van der Waals surface area contributed by atoms with Gasteiger partial charge in [0, 0.05) is 68.4 Å². The molecule has 8 N–H and O–H groups in total. The highest BCUT2D eigenvalue weighted by Gasteiger charge is 2.12. The van der Waals surface area contributed by atoms with E-state index in [9.17, 15) is 16.8 Å². The quantitative estimate of drug-likeness (QED) is 0.0425. The van der Waals surface area contributed by atoms with Gasteiger partial charge >= 0.3 is 0 Å². The predicted molar refractivity (Wildman–Crippen MR) is 252 cm³/mol. The summed E-state index contributed by atoms with van der Waals surface area (Å²) in [4.78, 5) is 14.7. The fraction of sp³-hybridized carbons (Fsp3) is 0.244. The van der Waals surface area contributed by atoms with Crippen molar-refractivity contribution in [3.05, 3.63) is 150 Å². The number of para-hydroxylation sites is 1. The van der Waals surface area contributed by atoms with Crippen LogP contribution in [-0.2, 0) is 45.9 Å². The first kappa shape index (κ1) is 45.7. The second-order valence-electron chi connectivity index (χ2n) is 13.6. The molecule has 7 rings (SSSR count). The van der Waals surface area contributed by atoms with Crippen LogP contribution in [-0.4, -0.2) is 60.9 Å². The van der Waals surface area contributed by atoms with E-state index in [2.05, 4.69) is 28.7 Å². The van der Waals surface area contributed by atoms with E-state index in [0.29, 0.717) is 62.2 Å². The summed E-state index contributed by atoms with van der Waals surface area (Å²) in [6.07, 6.45) is 12.9. The molecule has 0 amide bonds. The zero-order chi connectivity index (χ0) is 46.3. The number of rotatable bonds is 13. The molecule has 0 atom stereocenters. The molecule has 61 heavy (non-hydrogen) atoms. The Morgan fingerprint density at radius 3 is 1.67 bits per heavy atom. The van der Waals surface area contributed by atoms with E-state index >= 15 is 0 Å². The number of pyridine rings is 2. The molecule has 4 aromatic heterocycles. The Morgan fingerprint density at radius 2 is 1.16 bits per heavy atom. The van der Waals surface area contributed by atoms with Crippen LogP contribution in [0.4, 0.5) is 11.4 Å². The first-order valence-corrected chi connectivity index (χ1v) is 22.4. The fourth-order valence-electron chi connectivity index (χ4n) is 6.13. The number of sulfonamides is 2. The van der Waals surface area contributed by atoms with Gasteiger partial charge in [-0.1, -0.05) is 57.3 Å². The number of anilines is 2. The van der Waals surface area contributed by atoms with Gasteiger partial charge < -0.3 is 31.9 Å². The van der Waals surface area contributed by atoms with Crippen LogP contribution in [0.15, 0.2) is 137 Å². The number of nitrogens with two attached hydrogens (primary N) is 3. The molecule has 4 heterocycles. The van der Waals surface area contributed by atoms with Gasteiger partial charge in [0.1, 0.15) is 17.0 Å². The zero-order valence-corrected chi connectivity index (χ0v) is 36.6. The standard InChI is InChI=1S/C19H22N4O2S.C17H17N3O3S.C7H10N2.2CH4/c1-26(24,25)23-17(7-5-14-3-2-4-16(20)13-14)8-6-15-9-11-21-19-18(15)10-12-22-19;1-24(21,22)20-16(23-14-5-3-2-4-6-14)8-7-13-9-11-18-17-15(13)10-12-19-17;8-5-6-2-1-3-7(9)4-6;;/h2-4,9-13H,5-8,20H2,1H3,(H,21,22);2-6,9-12H,7-8H2,1H3,(H,18,19);1-4H,5,8-9H2;2*1H4/i;;;2*1D. The number of hydrogen-bond acceptors (Lipinski definition) is 10. The number of hydrogen-bond donors (Lipinski definition) is 5. The minimum absolute atomic E-state index is 0.171. The normalized spacial score (nSPS) is 11.9. The van der Waals surface area contributed by atoms with Crippen LogP contribution in [0, 0.1) is 0 Å². The van der Waals surface area contributed by atoms with Gasteiger partial charge in [0.2, 0.25) is 15.9 Å². The largest absolute Gasteiger partial charge is 0.442 e. The number of ether oxygens (including phenoxy) is 1. The van der Waals surface area contributed by atoms with E-state index in [1.54, 1.807) is 24.5 Å². The van der Waals surface area contributed by atoms with Gasteiger partial charge in [-0.2, -0.15) is 4.40 Å². The highest BCUT2D eigenvalue weighted by Crippen LogP contribution is 2.20. The molecule has 3 aromatic carbocycles. The lowest BCUT2D eigenvalue weighted by atomic mass is 10.0. The molecule has 0 unspecified atom stereocenters. The molecule has 0 bridgehead atoms. The van der Waals surface area contributed by atoms with Gasteiger partial charge in [-0.15, -0.1) is 4.40 Å². The van der Waals surface area contributed by atoms with Gasteiger partial charge in [0.15, 0.2) is 0 Å². The average molecular weight is 870 g/mol. The van der Waals surface area contributed by atoms with E-state index in [1.165, 1.54) is 14.8 Å². The highest BCUT2D eigenvalue weighted by molar-refractivity contribution is 7.89. The van der Waals surface area contributed by atoms with Gasteiger partial charge in [0.05, 0.1) is 12.5 Å². The summed E-state index contributed by atoms with van der Waals surface area (Å²) in [6, 6.07) is 32.0. The third kappa shape index (κ3) is 16.7. The summed E-state index contributed by atoms with van der Waals surface area (Å²) in [7, 11) is -4.46. The van der Waals surface area contributed by atoms with Crippen molar-refractivity contribution in [2.45, 2.75) is 59.9 Å². The van der Waals surface area contributed by atoms with Crippen molar-refractivity contribution >= 4 is 65.1 Å². The van der Waals surface area contributed by atoms with Crippen molar-refractivity contribution < 1.29 is 24.3 Å². The average Bonchev–Trinajstić information content (AvgIpc) is 3.96. The van der Waals surface area contributed by atoms with E-state index in [0.717, 1.165) is 62.5 Å². The van der Waals surface area contributed by atoms with Gasteiger partial charge in [-0.3, -0.25) is 0 Å². The summed E-state index contributed by atoms with van der Waals surface area (Å²) in [6.45, 7) is 0.561. The number of nitrogens with zero attached hydrogens (tertiary/aromatic N) is 4. The Labute approximate surface area is 362 Å². The van der Waals surface area contributed by atoms with Crippen LogP contribution in [0.5, 0.6) is 5.75 Å². The summed E-state index contributed by atoms with van der Waals surface area (Å²) in [5, 5.41) is 2.07. The minimum Gasteiger partial charge on any atom is -0.442 e. The molecular formula is C45H57N9O5S2. The van der Waals surface area contributed by atoms with E-state index in [1.807, 2.05) is 103 Å². The van der Waals surface area contributed by atoms with Crippen LogP contribution >= 0.6 is 0 Å². The Hall–Kier alpha value is -6.36. The Bertz CT molecular complexity index is 2740. The number of aromatic amines is 2. The van der Waals surface area contributed by atoms with Crippen molar-refractivity contribution in [2.24, 2.45) is 14.5 Å². The summed E-state index contributed by atoms with van der Waals surface area (Å²) in [5.41, 5.74) is 24.8. The Balaban J connectivity index is 0.000000264. The highest BCUT2D eigenvalue weighted by atomic mass is 32.2. The monoisotopic (exact) mass is 869 g/mol. The number of aromatic nitrogens is 4. The lowest BCUT2D eigenvalue weighted by Crippen LogP contribution is -2.12. The summed E-state index contributed by atoms with van der Waals surface area (Å²) >= 11 is 0. The second kappa shape index (κ2) is 23.4. The van der Waals surface area contributed by atoms with E-state index in [4.69, 9.17) is 24.7 Å². The molecule has 0 aliphatic heterocycles. The van der Waals surface area contributed by atoms with Crippen LogP contribution in [0.25, 0.3) is 22.1 Å². The van der Waals surface area contributed by atoms with Gasteiger partial charge in [0.25, 0.3) is 10.0 Å². The SMILES string of the molecule is CS(=O)(=O)N=C(CCc1cccc(N)c1)CCc1ccnc2[nH]ccc12.CS(=O)(=O)N=C(CCc1ccnc2[nH]ccc12)Oc1ccccc1.NCc1cccc(N)c1.[2H]C.[2H]C. The topological polar surface area (TPSA) is 238 Å². The maximum atomic E-state index is 11.7. The van der Waals surface area contributed by atoms with Crippen LogP contribution in [0.2, 0.25) is 0 Å². The molecule has 16 heteroatoms. The van der Waals surface area contributed by atoms with E-state index < -0.39 is 20.0 Å². The minimum atomic E-state index is -3.54. The second-order valence-corrected chi connectivity index (χ2v) is 16.9. The molecule has 0 aliphatic carbocycles. The number of benzene rings is 3. The summed E-state index contributed by atoms with van der Waals surface area (Å²) < 4.78 is 71.2. The molecule has 0 aliphatic rings. The summed E-state index contributed by atoms with van der Waals surface area (Å²) in [5.74, 6) is 0.727. The van der Waals surface area contributed by atoms with Crippen molar-refractivity contribution in [2.75, 3.05) is 24.0 Å². The third-order valence-corrected chi connectivity index (χ3v) is 9.90. The molecule has 0 spiro atoms. The van der Waals surface area contributed by atoms with Crippen molar-refractivity contribution in [3.8, 4) is 5.75 Å². The molecule has 7 aromatic rings. The number of H-pyrrole nitrogens is 2. The number of aryl methyl sites for hydroxylation is 3. The fourth-order valence-corrected chi connectivity index (χ4v) is 7.28. The van der Waals surface area contributed by atoms with Crippen LogP contribution < -0.4 is 21.9 Å². The Kier molecular flexibility index (Phi) is 17.6. The maximum absolute atomic E-state index is 11.7. The molecule has 0 fully saturated rings. The zero-order valence-electron chi connectivity index (χ0n) is 37.0. The van der Waals surface area contributed by atoms with Crippen molar-refractivity contribution in [1.29, 1.82) is 0 Å². The third-order valence-electron chi connectivity index (χ3n) is 8.77. The first-order valence-electron chi connectivity index (χ1n) is 20.7. The van der Waals surface area contributed by atoms with Gasteiger partial charge in [-0.05, 0) is 115 Å². The van der Waals surface area contributed by atoms with E-state index in [-0.39, 0.29) is 5.90 Å². The van der Waals surface area contributed by atoms with Crippen molar-refractivity contribution in [3.63, 3.8) is 0 Å². The smallest absolute Gasteiger partial charge is 0.253 e. The molecule has 0 saturated heterocycles. The van der Waals surface area contributed by atoms with Gasteiger partial charge in [-0.25, -0.2) is 26.8 Å². The molecule has 14 nitrogen and oxygen atoms in total. The lowest BCUT2D eigenvalue weighted by Gasteiger charge is -2.09. The first-order chi connectivity index (χ1) is 30.2. The lowest BCUT2D eigenvalue weighted by molar-refractivity contribution is 0.531. The molecule has 0 saturated carbocycles. The molecule has 0 radical (unpaired) electrons. The molecule has 324 valence electrons. The number of nitrogens with one attached hydrogen (secondary N) is 2. The maximum Gasteiger partial charge on any atom is 0.253 e.